The molecule has 2 aromatic rings. The van der Waals surface area contributed by atoms with Crippen molar-refractivity contribution >= 4 is 22.4 Å². The molecular weight excluding hydrogens is 277 g/mol. The topological polar surface area (TPSA) is 63.8 Å². The van der Waals surface area contributed by atoms with Gasteiger partial charge >= 0.3 is 6.18 Å². The average Bonchev–Trinajstić information content (AvgIpc) is 2.77. The zero-order chi connectivity index (χ0) is 14.0. The van der Waals surface area contributed by atoms with E-state index in [1.165, 1.54) is 0 Å². The average molecular weight is 288 g/mol. The fourth-order valence-electron chi connectivity index (χ4n) is 1.49. The van der Waals surface area contributed by atoms with Crippen LogP contribution in [-0.2, 0) is 6.18 Å². The fourth-order valence-corrected chi connectivity index (χ4v) is 2.17. The monoisotopic (exact) mass is 288 g/mol. The minimum atomic E-state index is -4.52. The number of alkyl halides is 3. The van der Waals surface area contributed by atoms with Gasteiger partial charge in [0, 0.05) is 17.2 Å². The molecule has 19 heavy (non-hydrogen) atoms. The number of rotatable bonds is 3. The van der Waals surface area contributed by atoms with Gasteiger partial charge in [0.1, 0.15) is 0 Å². The number of benzene rings is 1. The Morgan fingerprint density at radius 1 is 1.37 bits per heavy atom. The van der Waals surface area contributed by atoms with Crippen molar-refractivity contribution in [1.82, 2.24) is 9.36 Å². The Hall–Kier alpha value is -1.83. The van der Waals surface area contributed by atoms with E-state index in [1.807, 2.05) is 13.0 Å². The second kappa shape index (κ2) is 5.04. The number of anilines is 2. The first-order valence-electron chi connectivity index (χ1n) is 5.39. The van der Waals surface area contributed by atoms with Crippen LogP contribution in [0.3, 0.4) is 0 Å². The van der Waals surface area contributed by atoms with Gasteiger partial charge in [-0.1, -0.05) is 12.1 Å². The van der Waals surface area contributed by atoms with Gasteiger partial charge in [-0.25, -0.2) is 0 Å². The quantitative estimate of drug-likeness (QED) is 0.850. The van der Waals surface area contributed by atoms with Gasteiger partial charge in [0.05, 0.1) is 6.04 Å². The van der Waals surface area contributed by atoms with Crippen LogP contribution in [-0.4, -0.2) is 9.36 Å². The molecule has 0 aliphatic heterocycles. The summed E-state index contributed by atoms with van der Waals surface area (Å²) in [7, 11) is 0. The summed E-state index contributed by atoms with van der Waals surface area (Å²) in [4.78, 5) is 3.41. The summed E-state index contributed by atoms with van der Waals surface area (Å²) in [5.41, 5.74) is 7.11. The maximum absolute atomic E-state index is 12.4. The summed E-state index contributed by atoms with van der Waals surface area (Å²) < 4.78 is 40.3. The van der Waals surface area contributed by atoms with E-state index in [9.17, 15) is 13.2 Å². The third kappa shape index (κ3) is 3.34. The molecule has 102 valence electrons. The van der Waals surface area contributed by atoms with Gasteiger partial charge in [-0.3, -0.25) is 0 Å². The number of nitrogen functional groups attached to an aromatic ring is 1. The molecule has 0 aliphatic rings. The van der Waals surface area contributed by atoms with Gasteiger partial charge in [-0.05, 0) is 24.6 Å². The SMILES string of the molecule is CC(Nc1nc(C(F)(F)F)ns1)c1cccc(N)c1. The molecule has 2 rings (SSSR count). The highest BCUT2D eigenvalue weighted by atomic mass is 32.1. The highest BCUT2D eigenvalue weighted by molar-refractivity contribution is 7.09. The largest absolute Gasteiger partial charge is 0.452 e. The van der Waals surface area contributed by atoms with Crippen molar-refractivity contribution in [2.24, 2.45) is 0 Å². The molecule has 1 heterocycles. The molecule has 0 radical (unpaired) electrons. The van der Waals surface area contributed by atoms with E-state index in [0.29, 0.717) is 17.2 Å². The zero-order valence-corrected chi connectivity index (χ0v) is 10.7. The Morgan fingerprint density at radius 2 is 2.11 bits per heavy atom. The number of hydrogen-bond donors (Lipinski definition) is 2. The summed E-state index contributed by atoms with van der Waals surface area (Å²) in [6.07, 6.45) is -4.52. The number of nitrogens with zero attached hydrogens (tertiary/aromatic N) is 2. The van der Waals surface area contributed by atoms with E-state index >= 15 is 0 Å². The standard InChI is InChI=1S/C11H11F3N4S/c1-6(7-3-2-4-8(15)5-7)16-10-17-9(18-19-10)11(12,13)14/h2-6H,15H2,1H3,(H,16,17,18). The molecule has 0 aliphatic carbocycles. The summed E-state index contributed by atoms with van der Waals surface area (Å²) in [5, 5.41) is 2.99. The van der Waals surface area contributed by atoms with E-state index in [2.05, 4.69) is 14.7 Å². The van der Waals surface area contributed by atoms with Gasteiger partial charge in [0.15, 0.2) is 0 Å². The van der Waals surface area contributed by atoms with E-state index in [-0.39, 0.29) is 11.2 Å². The molecule has 0 saturated heterocycles. The summed E-state index contributed by atoms with van der Waals surface area (Å²) >= 11 is 0.680. The van der Waals surface area contributed by atoms with Crippen molar-refractivity contribution < 1.29 is 13.2 Å². The van der Waals surface area contributed by atoms with Gasteiger partial charge in [0.2, 0.25) is 11.0 Å². The lowest BCUT2D eigenvalue weighted by atomic mass is 10.1. The van der Waals surface area contributed by atoms with Crippen LogP contribution in [0.1, 0.15) is 24.4 Å². The first-order valence-corrected chi connectivity index (χ1v) is 6.16. The van der Waals surface area contributed by atoms with Crippen molar-refractivity contribution in [2.75, 3.05) is 11.1 Å². The van der Waals surface area contributed by atoms with Crippen molar-refractivity contribution in [3.63, 3.8) is 0 Å². The predicted molar refractivity (Wildman–Crippen MR) is 67.8 cm³/mol. The summed E-state index contributed by atoms with van der Waals surface area (Å²) in [6.45, 7) is 1.81. The molecule has 8 heteroatoms. The van der Waals surface area contributed by atoms with Gasteiger partial charge in [-0.2, -0.15) is 22.5 Å². The molecule has 1 aromatic heterocycles. The second-order valence-electron chi connectivity index (χ2n) is 3.96. The van der Waals surface area contributed by atoms with Crippen LogP contribution in [0.15, 0.2) is 24.3 Å². The Kier molecular flexibility index (Phi) is 3.61. The Morgan fingerprint density at radius 3 is 2.68 bits per heavy atom. The lowest BCUT2D eigenvalue weighted by Gasteiger charge is -2.13. The first kappa shape index (κ1) is 13.6. The lowest BCUT2D eigenvalue weighted by Crippen LogP contribution is -2.09. The van der Waals surface area contributed by atoms with Crippen LogP contribution >= 0.6 is 11.5 Å². The van der Waals surface area contributed by atoms with E-state index < -0.39 is 12.0 Å². The number of hydrogen-bond acceptors (Lipinski definition) is 5. The van der Waals surface area contributed by atoms with Gasteiger partial charge < -0.3 is 11.1 Å². The highest BCUT2D eigenvalue weighted by Gasteiger charge is 2.36. The van der Waals surface area contributed by atoms with Crippen LogP contribution in [0.4, 0.5) is 24.0 Å². The van der Waals surface area contributed by atoms with Crippen LogP contribution in [0.2, 0.25) is 0 Å². The molecule has 4 nitrogen and oxygen atoms in total. The molecular formula is C11H11F3N4S. The maximum atomic E-state index is 12.4. The maximum Gasteiger partial charge on any atom is 0.452 e. The van der Waals surface area contributed by atoms with Gasteiger partial charge in [0.25, 0.3) is 0 Å². The molecule has 0 spiro atoms. The Balaban J connectivity index is 2.11. The molecule has 1 unspecified atom stereocenters. The molecule has 3 N–H and O–H groups in total. The number of halogens is 3. The van der Waals surface area contributed by atoms with Crippen LogP contribution < -0.4 is 11.1 Å². The van der Waals surface area contributed by atoms with Crippen LogP contribution in [0.25, 0.3) is 0 Å². The third-order valence-corrected chi connectivity index (χ3v) is 3.08. The van der Waals surface area contributed by atoms with Crippen LogP contribution in [0.5, 0.6) is 0 Å². The predicted octanol–water partition coefficient (Wildman–Crippen LogP) is 3.31. The number of nitrogens with one attached hydrogen (secondary N) is 1. The minimum absolute atomic E-state index is 0.127. The number of aromatic nitrogens is 2. The van der Waals surface area contributed by atoms with E-state index in [4.69, 9.17) is 5.73 Å². The van der Waals surface area contributed by atoms with Crippen molar-refractivity contribution in [3.05, 3.63) is 35.7 Å². The molecule has 1 atom stereocenters. The smallest absolute Gasteiger partial charge is 0.399 e. The molecule has 0 bridgehead atoms. The van der Waals surface area contributed by atoms with Crippen molar-refractivity contribution in [1.29, 1.82) is 0 Å². The van der Waals surface area contributed by atoms with E-state index in [0.717, 1.165) is 5.56 Å². The van der Waals surface area contributed by atoms with Crippen molar-refractivity contribution in [3.8, 4) is 0 Å². The first-order chi connectivity index (χ1) is 8.86. The zero-order valence-electron chi connectivity index (χ0n) is 9.90. The summed E-state index contributed by atoms with van der Waals surface area (Å²) in [5.74, 6) is -1.13. The fraction of sp³-hybridized carbons (Fsp3) is 0.273. The second-order valence-corrected chi connectivity index (χ2v) is 4.71. The third-order valence-electron chi connectivity index (χ3n) is 2.43. The Labute approximate surface area is 111 Å². The Bertz CT molecular complexity index is 567. The van der Waals surface area contributed by atoms with Crippen molar-refractivity contribution in [2.45, 2.75) is 19.1 Å². The molecule has 0 fully saturated rings. The normalized spacial score (nSPS) is 13.3. The van der Waals surface area contributed by atoms with Crippen LogP contribution in [0, 0.1) is 0 Å². The summed E-state index contributed by atoms with van der Waals surface area (Å²) in [6, 6.07) is 6.90. The number of nitrogens with two attached hydrogens (primary N) is 1. The molecule has 0 amide bonds. The molecule has 1 aromatic carbocycles. The van der Waals surface area contributed by atoms with E-state index in [1.54, 1.807) is 18.2 Å². The minimum Gasteiger partial charge on any atom is -0.399 e. The highest BCUT2D eigenvalue weighted by Crippen LogP contribution is 2.30. The lowest BCUT2D eigenvalue weighted by molar-refractivity contribution is -0.144. The van der Waals surface area contributed by atoms with Gasteiger partial charge in [-0.15, -0.1) is 0 Å². The molecule has 0 saturated carbocycles.